The molecule has 0 aliphatic carbocycles. The normalized spacial score (nSPS) is 11.8. The molecule has 0 spiro atoms. The van der Waals surface area contributed by atoms with Crippen molar-refractivity contribution < 1.29 is 27.9 Å². The Morgan fingerprint density at radius 3 is 2.27 bits per heavy atom. The number of carboxylic acids is 1. The number of anilines is 1. The summed E-state index contributed by atoms with van der Waals surface area (Å²) in [6, 6.07) is 23.7. The summed E-state index contributed by atoms with van der Waals surface area (Å²) < 4.78 is 37.5. The molecule has 3 aromatic rings. The Morgan fingerprint density at radius 1 is 0.909 bits per heavy atom. The lowest BCUT2D eigenvalue weighted by molar-refractivity contribution is -0.173. The number of nitrogens with one attached hydrogen (secondary N) is 1. The molecule has 33 heavy (non-hydrogen) atoms. The summed E-state index contributed by atoms with van der Waals surface area (Å²) in [5.74, 6) is -0.834. The zero-order valence-electron chi connectivity index (χ0n) is 17.7. The lowest BCUT2D eigenvalue weighted by Gasteiger charge is -2.11. The molecular weight excluding hydrogens is 433 g/mol. The molecule has 0 aliphatic rings. The van der Waals surface area contributed by atoms with Crippen LogP contribution in [0.15, 0.2) is 84.0 Å². The molecule has 0 saturated heterocycles. The van der Waals surface area contributed by atoms with E-state index < -0.39 is 18.8 Å². The summed E-state index contributed by atoms with van der Waals surface area (Å²) in [6.45, 7) is -0.985. The SMILES string of the molecule is O=C(O)CCc1ccc(NCc2cccc(/C(=N/OCC(F)(F)F)c3ccccc3)c2)cc1. The Labute approximate surface area is 189 Å². The standard InChI is InChI=1S/C25H23F3N2O3/c26-25(27,28)17-33-30-24(20-6-2-1-3-7-20)21-8-4-5-19(15-21)16-29-22-12-9-18(10-13-22)11-14-23(31)32/h1-10,12-13,15,29H,11,14,16-17H2,(H,31,32)/b30-24+. The Bertz CT molecular complexity index is 1080. The van der Waals surface area contributed by atoms with Crippen LogP contribution in [-0.2, 0) is 22.6 Å². The quantitative estimate of drug-likeness (QED) is 0.306. The number of carbonyl (C=O) groups is 1. The third-order valence-corrected chi connectivity index (χ3v) is 4.71. The molecule has 3 rings (SSSR count). The van der Waals surface area contributed by atoms with Gasteiger partial charge in [0.15, 0.2) is 0 Å². The second-order valence-electron chi connectivity index (χ2n) is 7.34. The molecule has 0 bridgehead atoms. The van der Waals surface area contributed by atoms with E-state index in [1.807, 2.05) is 48.5 Å². The molecule has 0 amide bonds. The molecule has 0 heterocycles. The van der Waals surface area contributed by atoms with Crippen molar-refractivity contribution in [3.63, 3.8) is 0 Å². The van der Waals surface area contributed by atoms with Gasteiger partial charge in [0.1, 0.15) is 5.71 Å². The van der Waals surface area contributed by atoms with Crippen molar-refractivity contribution in [1.82, 2.24) is 0 Å². The maximum Gasteiger partial charge on any atom is 0.425 e. The van der Waals surface area contributed by atoms with Crippen LogP contribution in [0.2, 0.25) is 0 Å². The van der Waals surface area contributed by atoms with E-state index in [-0.39, 0.29) is 6.42 Å². The van der Waals surface area contributed by atoms with Crippen LogP contribution < -0.4 is 5.32 Å². The minimum absolute atomic E-state index is 0.0809. The predicted molar refractivity (Wildman–Crippen MR) is 120 cm³/mol. The number of benzene rings is 3. The van der Waals surface area contributed by atoms with Gasteiger partial charge in [-0.3, -0.25) is 4.79 Å². The van der Waals surface area contributed by atoms with Crippen LogP contribution in [0.25, 0.3) is 0 Å². The third-order valence-electron chi connectivity index (χ3n) is 4.71. The first-order valence-electron chi connectivity index (χ1n) is 10.3. The first-order chi connectivity index (χ1) is 15.8. The number of aryl methyl sites for hydroxylation is 1. The smallest absolute Gasteiger partial charge is 0.425 e. The maximum absolute atomic E-state index is 12.5. The molecule has 0 aliphatic heterocycles. The van der Waals surface area contributed by atoms with Crippen LogP contribution >= 0.6 is 0 Å². The average molecular weight is 456 g/mol. The Kier molecular flexibility index (Phi) is 8.07. The summed E-state index contributed by atoms with van der Waals surface area (Å²) in [7, 11) is 0. The van der Waals surface area contributed by atoms with Gasteiger partial charge in [0, 0.05) is 29.8 Å². The monoisotopic (exact) mass is 456 g/mol. The Balaban J connectivity index is 1.72. The average Bonchev–Trinajstić information content (AvgIpc) is 2.80. The van der Waals surface area contributed by atoms with Crippen molar-refractivity contribution in [1.29, 1.82) is 0 Å². The lowest BCUT2D eigenvalue weighted by atomic mass is 10.0. The zero-order valence-corrected chi connectivity index (χ0v) is 17.7. The molecule has 0 unspecified atom stereocenters. The summed E-state index contributed by atoms with van der Waals surface area (Å²) >= 11 is 0. The lowest BCUT2D eigenvalue weighted by Crippen LogP contribution is -2.16. The van der Waals surface area contributed by atoms with Crippen LogP contribution in [-0.4, -0.2) is 29.6 Å². The zero-order chi connectivity index (χ0) is 23.7. The number of halogens is 3. The third kappa shape index (κ3) is 7.99. The second kappa shape index (κ2) is 11.2. The number of carboxylic acid groups (broad SMARTS) is 1. The van der Waals surface area contributed by atoms with Gasteiger partial charge < -0.3 is 15.3 Å². The summed E-state index contributed by atoms with van der Waals surface area (Å²) in [5, 5.41) is 15.8. The molecule has 0 saturated carbocycles. The van der Waals surface area contributed by atoms with Gasteiger partial charge in [-0.15, -0.1) is 0 Å². The van der Waals surface area contributed by atoms with Crippen molar-refractivity contribution in [3.05, 3.63) is 101 Å². The topological polar surface area (TPSA) is 70.9 Å². The van der Waals surface area contributed by atoms with Crippen LogP contribution in [0.5, 0.6) is 0 Å². The van der Waals surface area contributed by atoms with Crippen LogP contribution in [0.4, 0.5) is 18.9 Å². The predicted octanol–water partition coefficient (Wildman–Crippen LogP) is 5.65. The van der Waals surface area contributed by atoms with E-state index in [1.54, 1.807) is 30.3 Å². The molecule has 8 heteroatoms. The highest BCUT2D eigenvalue weighted by molar-refractivity contribution is 6.12. The highest BCUT2D eigenvalue weighted by Crippen LogP contribution is 2.18. The van der Waals surface area contributed by atoms with Gasteiger partial charge in [-0.05, 0) is 35.7 Å². The van der Waals surface area contributed by atoms with E-state index in [4.69, 9.17) is 5.11 Å². The van der Waals surface area contributed by atoms with Gasteiger partial charge in [0.05, 0.1) is 0 Å². The van der Waals surface area contributed by atoms with Gasteiger partial charge in [0.2, 0.25) is 6.61 Å². The molecule has 0 fully saturated rings. The summed E-state index contributed by atoms with van der Waals surface area (Å²) in [5.41, 5.74) is 4.29. The molecule has 0 aromatic heterocycles. The molecule has 2 N–H and O–H groups in total. The number of rotatable bonds is 10. The fraction of sp³-hybridized carbons (Fsp3) is 0.200. The van der Waals surface area contributed by atoms with Crippen molar-refractivity contribution in [2.45, 2.75) is 25.6 Å². The van der Waals surface area contributed by atoms with Crippen molar-refractivity contribution >= 4 is 17.4 Å². The first-order valence-corrected chi connectivity index (χ1v) is 10.3. The van der Waals surface area contributed by atoms with E-state index in [9.17, 15) is 18.0 Å². The number of aliphatic carboxylic acids is 1. The summed E-state index contributed by atoms with van der Waals surface area (Å²) in [4.78, 5) is 15.3. The van der Waals surface area contributed by atoms with Gasteiger partial charge in [-0.25, -0.2) is 0 Å². The second-order valence-corrected chi connectivity index (χ2v) is 7.34. The van der Waals surface area contributed by atoms with Crippen LogP contribution in [0.3, 0.4) is 0 Å². The number of alkyl halides is 3. The van der Waals surface area contributed by atoms with Gasteiger partial charge in [-0.1, -0.05) is 65.8 Å². The number of hydrogen-bond acceptors (Lipinski definition) is 4. The van der Waals surface area contributed by atoms with E-state index in [0.717, 1.165) is 16.8 Å². The van der Waals surface area contributed by atoms with E-state index in [1.165, 1.54) is 0 Å². The minimum Gasteiger partial charge on any atom is -0.481 e. The molecule has 0 radical (unpaired) electrons. The highest BCUT2D eigenvalue weighted by Gasteiger charge is 2.28. The van der Waals surface area contributed by atoms with Crippen molar-refractivity contribution in [2.24, 2.45) is 5.16 Å². The van der Waals surface area contributed by atoms with Crippen molar-refractivity contribution in [2.75, 3.05) is 11.9 Å². The Hall–Kier alpha value is -3.81. The number of nitrogens with zero attached hydrogens (tertiary/aromatic N) is 1. The van der Waals surface area contributed by atoms with E-state index in [0.29, 0.717) is 29.8 Å². The fourth-order valence-corrected chi connectivity index (χ4v) is 3.11. The Morgan fingerprint density at radius 2 is 1.61 bits per heavy atom. The van der Waals surface area contributed by atoms with E-state index in [2.05, 4.69) is 15.3 Å². The minimum atomic E-state index is -4.47. The first kappa shape index (κ1) is 23.8. The largest absolute Gasteiger partial charge is 0.481 e. The molecule has 3 aromatic carbocycles. The van der Waals surface area contributed by atoms with E-state index >= 15 is 0 Å². The van der Waals surface area contributed by atoms with Gasteiger partial charge in [0.25, 0.3) is 0 Å². The molecular formula is C25H23F3N2O3. The highest BCUT2D eigenvalue weighted by atomic mass is 19.4. The van der Waals surface area contributed by atoms with Gasteiger partial charge >= 0.3 is 12.1 Å². The molecule has 5 nitrogen and oxygen atoms in total. The molecule has 172 valence electrons. The molecule has 0 atom stereocenters. The summed E-state index contributed by atoms with van der Waals surface area (Å²) in [6.07, 6.45) is -3.92. The number of oxime groups is 1. The van der Waals surface area contributed by atoms with Gasteiger partial charge in [-0.2, -0.15) is 13.2 Å². The number of hydrogen-bond donors (Lipinski definition) is 2. The maximum atomic E-state index is 12.5. The van der Waals surface area contributed by atoms with Crippen LogP contribution in [0.1, 0.15) is 28.7 Å². The van der Waals surface area contributed by atoms with Crippen LogP contribution in [0, 0.1) is 0 Å². The van der Waals surface area contributed by atoms with Crippen molar-refractivity contribution in [3.8, 4) is 0 Å². The fourth-order valence-electron chi connectivity index (χ4n) is 3.11.